The maximum atomic E-state index is 14.6. The molecule has 1 aliphatic rings. The number of fused-ring (bicyclic) bond motifs is 1. The Morgan fingerprint density at radius 2 is 1.86 bits per heavy atom. The number of pyridine rings is 1. The van der Waals surface area contributed by atoms with Crippen LogP contribution in [0.2, 0.25) is 0 Å². The van der Waals surface area contributed by atoms with Crippen molar-refractivity contribution >= 4 is 22.8 Å². The summed E-state index contributed by atoms with van der Waals surface area (Å²) in [6.07, 6.45) is 4.43. The number of likely N-dealkylation sites (tertiary alicyclic amines) is 1. The number of halogens is 2. The number of aromatic nitrogens is 4. The Kier molecular flexibility index (Phi) is 6.46. The van der Waals surface area contributed by atoms with E-state index in [1.54, 1.807) is 31.6 Å². The molecule has 0 radical (unpaired) electrons. The molecule has 5 rings (SSSR count). The summed E-state index contributed by atoms with van der Waals surface area (Å²) in [5.41, 5.74) is 1.57. The highest BCUT2D eigenvalue weighted by Crippen LogP contribution is 2.33. The minimum Gasteiger partial charge on any atom is -0.478 e. The number of aromatic carboxylic acids is 1. The van der Waals surface area contributed by atoms with Gasteiger partial charge in [0.25, 0.3) is 0 Å². The van der Waals surface area contributed by atoms with Crippen LogP contribution in [0.15, 0.2) is 47.5 Å². The van der Waals surface area contributed by atoms with E-state index >= 15 is 0 Å². The molecular formula is C26H26F2N6O3. The van der Waals surface area contributed by atoms with E-state index in [1.807, 2.05) is 17.7 Å². The number of hydrogen-bond donors (Lipinski definition) is 2. The van der Waals surface area contributed by atoms with Gasteiger partial charge in [0, 0.05) is 49.7 Å². The van der Waals surface area contributed by atoms with Crippen molar-refractivity contribution in [3.8, 4) is 5.69 Å². The van der Waals surface area contributed by atoms with E-state index in [-0.39, 0.29) is 11.5 Å². The third kappa shape index (κ3) is 4.57. The molecule has 0 spiro atoms. The van der Waals surface area contributed by atoms with Gasteiger partial charge in [-0.1, -0.05) is 0 Å². The number of aryl methyl sites for hydroxylation is 1. The number of benzene rings is 1. The average molecular weight is 509 g/mol. The number of carbonyl (C=O) groups is 1. The number of carboxylic acid groups (broad SMARTS) is 1. The summed E-state index contributed by atoms with van der Waals surface area (Å²) in [7, 11) is 3.62. The van der Waals surface area contributed by atoms with Crippen LogP contribution in [0.5, 0.6) is 0 Å². The van der Waals surface area contributed by atoms with Gasteiger partial charge in [-0.3, -0.25) is 9.47 Å². The van der Waals surface area contributed by atoms with Gasteiger partial charge in [0.15, 0.2) is 0 Å². The molecule has 0 saturated carbocycles. The molecule has 1 fully saturated rings. The Morgan fingerprint density at radius 1 is 1.16 bits per heavy atom. The largest absolute Gasteiger partial charge is 0.478 e. The molecule has 0 bridgehead atoms. The Hall–Kier alpha value is -4.12. The van der Waals surface area contributed by atoms with Gasteiger partial charge >= 0.3 is 11.7 Å². The van der Waals surface area contributed by atoms with Crippen LogP contribution in [0.4, 0.5) is 14.6 Å². The predicted octanol–water partition coefficient (Wildman–Crippen LogP) is 3.52. The zero-order chi connectivity index (χ0) is 26.3. The fourth-order valence-corrected chi connectivity index (χ4v) is 5.05. The average Bonchev–Trinajstić information content (AvgIpc) is 3.19. The molecule has 1 saturated heterocycles. The van der Waals surface area contributed by atoms with Gasteiger partial charge in [0.2, 0.25) is 0 Å². The molecule has 37 heavy (non-hydrogen) atoms. The minimum atomic E-state index is -1.36. The predicted molar refractivity (Wildman–Crippen MR) is 134 cm³/mol. The third-order valence-corrected chi connectivity index (χ3v) is 7.03. The highest BCUT2D eigenvalue weighted by Gasteiger charge is 2.27. The van der Waals surface area contributed by atoms with Crippen LogP contribution >= 0.6 is 0 Å². The Bertz CT molecular complexity index is 1530. The summed E-state index contributed by atoms with van der Waals surface area (Å²) < 4.78 is 32.6. The lowest BCUT2D eigenvalue weighted by molar-refractivity contribution is 0.0695. The summed E-state index contributed by atoms with van der Waals surface area (Å²) in [5.74, 6) is -2.81. The van der Waals surface area contributed by atoms with Crippen molar-refractivity contribution in [3.05, 3.63) is 81.7 Å². The van der Waals surface area contributed by atoms with Gasteiger partial charge in [-0.2, -0.15) is 4.98 Å². The Balaban J connectivity index is 1.35. The van der Waals surface area contributed by atoms with Crippen molar-refractivity contribution in [2.75, 3.05) is 25.5 Å². The lowest BCUT2D eigenvalue weighted by atomic mass is 9.88. The molecule has 192 valence electrons. The van der Waals surface area contributed by atoms with Gasteiger partial charge in [-0.25, -0.2) is 23.4 Å². The standard InChI is InChI=1S/C26H26F2N6O3/c1-29-22-6-10-34(26(37)31-22)21-3-7-30-24-18(21)13-17(32(24)2)14-33-8-4-15(5-9-33)23-19(27)11-16(25(35)36)12-20(23)28/h3,6-7,10-13,15H,4-5,8-9,14H2,1-2H3,(H,35,36)(H,29,31,37). The van der Waals surface area contributed by atoms with Crippen LogP contribution in [-0.4, -0.2) is 55.2 Å². The maximum Gasteiger partial charge on any atom is 0.354 e. The van der Waals surface area contributed by atoms with Crippen LogP contribution in [-0.2, 0) is 13.6 Å². The molecule has 0 aliphatic carbocycles. The van der Waals surface area contributed by atoms with Crippen molar-refractivity contribution in [2.24, 2.45) is 7.05 Å². The molecule has 0 atom stereocenters. The fourth-order valence-electron chi connectivity index (χ4n) is 5.05. The maximum absolute atomic E-state index is 14.6. The van der Waals surface area contributed by atoms with Gasteiger partial charge in [0.05, 0.1) is 11.3 Å². The number of rotatable bonds is 6. The van der Waals surface area contributed by atoms with E-state index in [0.717, 1.165) is 28.9 Å². The van der Waals surface area contributed by atoms with Gasteiger partial charge in [0.1, 0.15) is 23.1 Å². The zero-order valence-electron chi connectivity index (χ0n) is 20.4. The van der Waals surface area contributed by atoms with Crippen molar-refractivity contribution in [2.45, 2.75) is 25.3 Å². The van der Waals surface area contributed by atoms with Gasteiger partial charge in [-0.15, -0.1) is 0 Å². The first-order valence-electron chi connectivity index (χ1n) is 11.9. The van der Waals surface area contributed by atoms with Crippen molar-refractivity contribution in [3.63, 3.8) is 0 Å². The molecule has 0 unspecified atom stereocenters. The summed E-state index contributed by atoms with van der Waals surface area (Å²) in [6, 6.07) is 7.29. The normalized spacial score (nSPS) is 14.8. The number of carboxylic acids is 1. The molecule has 4 heterocycles. The molecule has 2 N–H and O–H groups in total. The first kappa shape index (κ1) is 24.6. The monoisotopic (exact) mass is 508 g/mol. The summed E-state index contributed by atoms with van der Waals surface area (Å²) >= 11 is 0. The fraction of sp³-hybridized carbons (Fsp3) is 0.308. The second-order valence-corrected chi connectivity index (χ2v) is 9.19. The van der Waals surface area contributed by atoms with Crippen LogP contribution in [0.1, 0.15) is 40.4 Å². The Labute approximate surface area is 211 Å². The van der Waals surface area contributed by atoms with Crippen LogP contribution in [0.25, 0.3) is 16.7 Å². The minimum absolute atomic E-state index is 0.0357. The van der Waals surface area contributed by atoms with E-state index in [2.05, 4.69) is 20.2 Å². The SMILES string of the molecule is CNc1ccn(-c2ccnc3c2cc(CN2CCC(c4c(F)cc(C(=O)O)cc4F)CC2)n3C)c(=O)n1. The summed E-state index contributed by atoms with van der Waals surface area (Å²) in [6.45, 7) is 1.86. The van der Waals surface area contributed by atoms with Crippen LogP contribution < -0.4 is 11.0 Å². The highest BCUT2D eigenvalue weighted by atomic mass is 19.1. The van der Waals surface area contributed by atoms with Gasteiger partial charge in [-0.05, 0) is 62.2 Å². The van der Waals surface area contributed by atoms with Crippen molar-refractivity contribution in [1.29, 1.82) is 0 Å². The second kappa shape index (κ2) is 9.74. The first-order valence-corrected chi connectivity index (χ1v) is 11.9. The molecule has 3 aromatic heterocycles. The number of nitrogens with zero attached hydrogens (tertiary/aromatic N) is 5. The van der Waals surface area contributed by atoms with E-state index in [4.69, 9.17) is 5.11 Å². The van der Waals surface area contributed by atoms with E-state index in [0.29, 0.717) is 44.0 Å². The molecule has 9 nitrogen and oxygen atoms in total. The molecule has 1 aliphatic heterocycles. The highest BCUT2D eigenvalue weighted by molar-refractivity contribution is 5.88. The molecule has 0 amide bonds. The molecule has 11 heteroatoms. The topological polar surface area (TPSA) is 105 Å². The first-order chi connectivity index (χ1) is 17.8. The molecule has 1 aromatic carbocycles. The number of piperidine rings is 1. The quantitative estimate of drug-likeness (QED) is 0.411. The van der Waals surface area contributed by atoms with Crippen molar-refractivity contribution in [1.82, 2.24) is 24.0 Å². The Morgan fingerprint density at radius 3 is 2.49 bits per heavy atom. The van der Waals surface area contributed by atoms with E-state index in [1.165, 1.54) is 4.57 Å². The van der Waals surface area contributed by atoms with Crippen molar-refractivity contribution < 1.29 is 18.7 Å². The van der Waals surface area contributed by atoms with Crippen LogP contribution in [0.3, 0.4) is 0 Å². The number of nitrogens with one attached hydrogen (secondary N) is 1. The summed E-state index contributed by atoms with van der Waals surface area (Å²) in [5, 5.41) is 12.7. The number of hydrogen-bond acceptors (Lipinski definition) is 6. The lowest BCUT2D eigenvalue weighted by Crippen LogP contribution is -2.33. The van der Waals surface area contributed by atoms with E-state index in [9.17, 15) is 18.4 Å². The smallest absolute Gasteiger partial charge is 0.354 e. The lowest BCUT2D eigenvalue weighted by Gasteiger charge is -2.32. The third-order valence-electron chi connectivity index (χ3n) is 7.03. The second-order valence-electron chi connectivity index (χ2n) is 9.19. The molecular weight excluding hydrogens is 482 g/mol. The summed E-state index contributed by atoms with van der Waals surface area (Å²) in [4.78, 5) is 34.4. The van der Waals surface area contributed by atoms with Crippen LogP contribution in [0, 0.1) is 11.6 Å². The number of anilines is 1. The molecule has 4 aromatic rings. The zero-order valence-corrected chi connectivity index (χ0v) is 20.4. The van der Waals surface area contributed by atoms with E-state index < -0.39 is 28.9 Å². The van der Waals surface area contributed by atoms with Gasteiger partial charge < -0.3 is 15.0 Å².